The lowest BCUT2D eigenvalue weighted by Crippen LogP contribution is -2.15. The molecular formula is C10H11N5O2. The number of carbonyl (C=O) groups is 1. The third-order valence-corrected chi connectivity index (χ3v) is 2.03. The van der Waals surface area contributed by atoms with Crippen LogP contribution in [0.15, 0.2) is 28.9 Å². The van der Waals surface area contributed by atoms with Crippen LogP contribution in [-0.4, -0.2) is 16.0 Å². The molecule has 0 bridgehead atoms. The number of nitrogens with zero attached hydrogens (tertiary/aromatic N) is 2. The summed E-state index contributed by atoms with van der Waals surface area (Å²) in [4.78, 5) is 15.7. The minimum absolute atomic E-state index is 0.237. The van der Waals surface area contributed by atoms with E-state index in [1.165, 1.54) is 12.3 Å². The molecule has 7 nitrogen and oxygen atoms in total. The number of nitrogens with two attached hydrogens (primary N) is 1. The van der Waals surface area contributed by atoms with Crippen LogP contribution < -0.4 is 16.6 Å². The molecule has 4 N–H and O–H groups in total. The van der Waals surface area contributed by atoms with E-state index in [4.69, 9.17) is 10.4 Å². The fourth-order valence-electron chi connectivity index (χ4n) is 1.25. The molecule has 0 unspecified atom stereocenters. The van der Waals surface area contributed by atoms with Crippen LogP contribution in [0, 0.1) is 6.92 Å². The van der Waals surface area contributed by atoms with Crippen molar-refractivity contribution in [3.05, 3.63) is 35.9 Å². The third-order valence-electron chi connectivity index (χ3n) is 2.03. The molecule has 1 amide bonds. The number of carbonyl (C=O) groups excluding carboxylic acids is 1. The van der Waals surface area contributed by atoms with Gasteiger partial charge in [-0.2, -0.15) is 0 Å². The predicted octanol–water partition coefficient (Wildman–Crippen LogP) is 0.916. The molecule has 17 heavy (non-hydrogen) atoms. The highest BCUT2D eigenvalue weighted by atomic mass is 16.5. The van der Waals surface area contributed by atoms with Gasteiger partial charge in [-0.05, 0) is 19.1 Å². The minimum Gasteiger partial charge on any atom is -0.360 e. The second kappa shape index (κ2) is 4.62. The monoisotopic (exact) mass is 233 g/mol. The highest BCUT2D eigenvalue weighted by Crippen LogP contribution is 2.10. The van der Waals surface area contributed by atoms with E-state index in [9.17, 15) is 4.79 Å². The zero-order valence-corrected chi connectivity index (χ0v) is 9.10. The number of rotatable bonds is 3. The first-order valence-corrected chi connectivity index (χ1v) is 4.86. The molecule has 0 aliphatic heterocycles. The normalized spacial score (nSPS) is 10.0. The molecule has 88 valence electrons. The van der Waals surface area contributed by atoms with Crippen LogP contribution in [0.5, 0.6) is 0 Å². The number of aryl methyl sites for hydroxylation is 1. The number of amides is 1. The van der Waals surface area contributed by atoms with Crippen molar-refractivity contribution in [2.24, 2.45) is 5.84 Å². The van der Waals surface area contributed by atoms with E-state index in [-0.39, 0.29) is 11.6 Å². The number of nitrogens with one attached hydrogen (secondary N) is 2. The average Bonchev–Trinajstić information content (AvgIpc) is 2.75. The van der Waals surface area contributed by atoms with Crippen LogP contribution in [-0.2, 0) is 0 Å². The van der Waals surface area contributed by atoms with Crippen LogP contribution in [0.4, 0.5) is 11.5 Å². The van der Waals surface area contributed by atoms with Crippen molar-refractivity contribution in [1.29, 1.82) is 0 Å². The van der Waals surface area contributed by atoms with Gasteiger partial charge in [0.1, 0.15) is 11.5 Å². The van der Waals surface area contributed by atoms with Gasteiger partial charge in [-0.3, -0.25) is 15.6 Å². The van der Waals surface area contributed by atoms with Crippen LogP contribution >= 0.6 is 0 Å². The largest absolute Gasteiger partial charge is 0.360 e. The number of hydrazine groups is 1. The summed E-state index contributed by atoms with van der Waals surface area (Å²) in [5.74, 6) is 5.82. The highest BCUT2D eigenvalue weighted by Gasteiger charge is 2.10. The van der Waals surface area contributed by atoms with Gasteiger partial charge in [0.15, 0.2) is 5.82 Å². The summed E-state index contributed by atoms with van der Waals surface area (Å²) >= 11 is 0. The fraction of sp³-hybridized carbons (Fsp3) is 0.100. The standard InChI is InChI=1S/C10H11N5O2/c1-6-4-9(15-17-6)13-10(16)8-5-7(14-11)2-3-12-8/h2-5H,11H2,1H3,(H,12,14)(H,13,15,16). The molecule has 2 rings (SSSR count). The molecule has 0 saturated carbocycles. The quantitative estimate of drug-likeness (QED) is 0.537. The summed E-state index contributed by atoms with van der Waals surface area (Å²) in [6.45, 7) is 1.74. The van der Waals surface area contributed by atoms with Crippen molar-refractivity contribution >= 4 is 17.4 Å². The van der Waals surface area contributed by atoms with Gasteiger partial charge in [-0.25, -0.2) is 0 Å². The second-order valence-electron chi connectivity index (χ2n) is 3.35. The summed E-state index contributed by atoms with van der Waals surface area (Å²) in [7, 11) is 0. The summed E-state index contributed by atoms with van der Waals surface area (Å²) in [6.07, 6.45) is 1.48. The van der Waals surface area contributed by atoms with E-state index >= 15 is 0 Å². The van der Waals surface area contributed by atoms with Gasteiger partial charge in [-0.1, -0.05) is 5.16 Å². The molecule has 7 heteroatoms. The number of aromatic nitrogens is 2. The Kier molecular flexibility index (Phi) is 3.01. The van der Waals surface area contributed by atoms with Crippen LogP contribution in [0.25, 0.3) is 0 Å². The van der Waals surface area contributed by atoms with E-state index in [1.54, 1.807) is 19.1 Å². The minimum atomic E-state index is -0.379. The van der Waals surface area contributed by atoms with Gasteiger partial charge in [0.2, 0.25) is 0 Å². The van der Waals surface area contributed by atoms with E-state index < -0.39 is 0 Å². The van der Waals surface area contributed by atoms with Crippen molar-refractivity contribution in [2.75, 3.05) is 10.7 Å². The number of nitrogen functional groups attached to an aromatic ring is 1. The van der Waals surface area contributed by atoms with Gasteiger partial charge in [-0.15, -0.1) is 0 Å². The first-order chi connectivity index (χ1) is 8.19. The Balaban J connectivity index is 2.14. The molecule has 0 radical (unpaired) electrons. The lowest BCUT2D eigenvalue weighted by atomic mass is 10.3. The molecular weight excluding hydrogens is 222 g/mol. The maximum absolute atomic E-state index is 11.8. The molecule has 0 atom stereocenters. The summed E-state index contributed by atoms with van der Waals surface area (Å²) in [6, 6.07) is 4.79. The number of hydrogen-bond donors (Lipinski definition) is 3. The van der Waals surface area contributed by atoms with Gasteiger partial charge in [0.25, 0.3) is 5.91 Å². The molecule has 0 fully saturated rings. The van der Waals surface area contributed by atoms with Crippen molar-refractivity contribution in [2.45, 2.75) is 6.92 Å². The van der Waals surface area contributed by atoms with E-state index in [0.717, 1.165) is 0 Å². The lowest BCUT2D eigenvalue weighted by Gasteiger charge is -2.03. The van der Waals surface area contributed by atoms with E-state index in [1.807, 2.05) is 0 Å². The van der Waals surface area contributed by atoms with Gasteiger partial charge < -0.3 is 15.3 Å². The molecule has 2 heterocycles. The Morgan fingerprint density at radius 1 is 1.47 bits per heavy atom. The number of anilines is 2. The molecule has 2 aromatic rings. The van der Waals surface area contributed by atoms with E-state index in [2.05, 4.69) is 20.9 Å². The Morgan fingerprint density at radius 2 is 2.29 bits per heavy atom. The molecule has 0 aromatic carbocycles. The molecule has 0 saturated heterocycles. The Bertz CT molecular complexity index is 537. The van der Waals surface area contributed by atoms with Crippen molar-refractivity contribution in [3.63, 3.8) is 0 Å². The summed E-state index contributed by atoms with van der Waals surface area (Å²) in [5.41, 5.74) is 3.27. The Morgan fingerprint density at radius 3 is 2.94 bits per heavy atom. The van der Waals surface area contributed by atoms with Crippen molar-refractivity contribution < 1.29 is 9.32 Å². The smallest absolute Gasteiger partial charge is 0.275 e. The average molecular weight is 233 g/mol. The van der Waals surface area contributed by atoms with Crippen molar-refractivity contribution in [1.82, 2.24) is 10.1 Å². The molecule has 0 spiro atoms. The Hall–Kier alpha value is -2.41. The zero-order valence-electron chi connectivity index (χ0n) is 9.10. The number of hydrogen-bond acceptors (Lipinski definition) is 6. The van der Waals surface area contributed by atoms with Crippen molar-refractivity contribution in [3.8, 4) is 0 Å². The SMILES string of the molecule is Cc1cc(NC(=O)c2cc(NN)ccn2)no1. The highest BCUT2D eigenvalue weighted by molar-refractivity contribution is 6.02. The zero-order chi connectivity index (χ0) is 12.3. The topological polar surface area (TPSA) is 106 Å². The molecule has 0 aliphatic carbocycles. The third kappa shape index (κ3) is 2.58. The second-order valence-corrected chi connectivity index (χ2v) is 3.35. The maximum atomic E-state index is 11.8. The van der Waals surface area contributed by atoms with Crippen LogP contribution in [0.1, 0.15) is 16.2 Å². The summed E-state index contributed by atoms with van der Waals surface area (Å²) < 4.78 is 4.83. The summed E-state index contributed by atoms with van der Waals surface area (Å²) in [5, 5.41) is 6.20. The van der Waals surface area contributed by atoms with Crippen LogP contribution in [0.2, 0.25) is 0 Å². The first kappa shape index (κ1) is 11.1. The van der Waals surface area contributed by atoms with E-state index in [0.29, 0.717) is 17.3 Å². The maximum Gasteiger partial charge on any atom is 0.275 e. The molecule has 2 aromatic heterocycles. The van der Waals surface area contributed by atoms with Gasteiger partial charge >= 0.3 is 0 Å². The van der Waals surface area contributed by atoms with Gasteiger partial charge in [0.05, 0.1) is 5.69 Å². The van der Waals surface area contributed by atoms with Crippen LogP contribution in [0.3, 0.4) is 0 Å². The van der Waals surface area contributed by atoms with Gasteiger partial charge in [0, 0.05) is 12.3 Å². The first-order valence-electron chi connectivity index (χ1n) is 4.86. The lowest BCUT2D eigenvalue weighted by molar-refractivity contribution is 0.102. The molecule has 0 aliphatic rings. The Labute approximate surface area is 97.0 Å². The predicted molar refractivity (Wildman–Crippen MR) is 61.2 cm³/mol. The number of pyridine rings is 1. The fourth-order valence-corrected chi connectivity index (χ4v) is 1.25.